The van der Waals surface area contributed by atoms with Gasteiger partial charge in [0.1, 0.15) is 5.69 Å². The first kappa shape index (κ1) is 6.91. The SMILES string of the molecule is O=Nc1ccnc2ccccc12. The molecule has 12 heavy (non-hydrogen) atoms. The first-order valence-corrected chi connectivity index (χ1v) is 3.59. The molecule has 0 radical (unpaired) electrons. The van der Waals surface area contributed by atoms with Crippen molar-refractivity contribution >= 4 is 16.6 Å². The second-order valence-electron chi connectivity index (χ2n) is 2.44. The Morgan fingerprint density at radius 3 is 2.83 bits per heavy atom. The molecule has 3 heteroatoms. The fraction of sp³-hybridized carbons (Fsp3) is 0. The number of pyridine rings is 1. The summed E-state index contributed by atoms with van der Waals surface area (Å²) in [6.07, 6.45) is 1.58. The van der Waals surface area contributed by atoms with Gasteiger partial charge < -0.3 is 0 Å². The van der Waals surface area contributed by atoms with Crippen molar-refractivity contribution in [2.45, 2.75) is 0 Å². The Hall–Kier alpha value is -1.77. The molecule has 2 rings (SSSR count). The lowest BCUT2D eigenvalue weighted by molar-refractivity contribution is 1.39. The molecule has 0 aliphatic heterocycles. The molecule has 0 amide bonds. The number of fused-ring (bicyclic) bond motifs is 1. The highest BCUT2D eigenvalue weighted by Gasteiger charge is 1.98. The molecule has 2 aromatic rings. The molecule has 1 aromatic heterocycles. The van der Waals surface area contributed by atoms with Crippen LogP contribution in [0.15, 0.2) is 41.7 Å². The minimum absolute atomic E-state index is 0.445. The molecule has 0 aliphatic carbocycles. The van der Waals surface area contributed by atoms with E-state index in [2.05, 4.69) is 10.2 Å². The van der Waals surface area contributed by atoms with Crippen molar-refractivity contribution in [2.75, 3.05) is 0 Å². The van der Waals surface area contributed by atoms with Gasteiger partial charge in [0.15, 0.2) is 0 Å². The van der Waals surface area contributed by atoms with E-state index in [1.807, 2.05) is 24.3 Å². The first-order chi connectivity index (χ1) is 5.92. The monoisotopic (exact) mass is 158 g/mol. The normalized spacial score (nSPS) is 10.0. The number of nitrogens with zero attached hydrogens (tertiary/aromatic N) is 2. The maximum atomic E-state index is 10.3. The van der Waals surface area contributed by atoms with Gasteiger partial charge in [0.05, 0.1) is 5.52 Å². The summed E-state index contributed by atoms with van der Waals surface area (Å²) >= 11 is 0. The maximum Gasteiger partial charge on any atom is 0.118 e. The van der Waals surface area contributed by atoms with Gasteiger partial charge in [-0.25, -0.2) is 0 Å². The molecule has 0 saturated carbocycles. The molecule has 0 atom stereocenters. The Balaban J connectivity index is 2.88. The average Bonchev–Trinajstić information content (AvgIpc) is 2.17. The predicted octanol–water partition coefficient (Wildman–Crippen LogP) is 2.63. The summed E-state index contributed by atoms with van der Waals surface area (Å²) in [5.74, 6) is 0. The highest BCUT2D eigenvalue weighted by Crippen LogP contribution is 2.22. The van der Waals surface area contributed by atoms with Crippen LogP contribution in [0.4, 0.5) is 5.69 Å². The third-order valence-corrected chi connectivity index (χ3v) is 1.72. The Bertz CT molecular complexity index is 420. The fourth-order valence-corrected chi connectivity index (χ4v) is 1.16. The number of para-hydroxylation sites is 1. The van der Waals surface area contributed by atoms with Gasteiger partial charge in [0.2, 0.25) is 0 Å². The quantitative estimate of drug-likeness (QED) is 0.598. The number of hydrogen-bond acceptors (Lipinski definition) is 3. The zero-order valence-electron chi connectivity index (χ0n) is 6.27. The second-order valence-corrected chi connectivity index (χ2v) is 2.44. The van der Waals surface area contributed by atoms with Crippen LogP contribution >= 0.6 is 0 Å². The lowest BCUT2D eigenvalue weighted by Crippen LogP contribution is -1.76. The number of aromatic nitrogens is 1. The van der Waals surface area contributed by atoms with Crippen molar-refractivity contribution in [3.8, 4) is 0 Å². The Labute approximate surface area is 69.0 Å². The largest absolute Gasteiger partial charge is 0.256 e. The minimum atomic E-state index is 0.445. The van der Waals surface area contributed by atoms with E-state index >= 15 is 0 Å². The van der Waals surface area contributed by atoms with Crippen LogP contribution in [0.3, 0.4) is 0 Å². The molecule has 0 aliphatic rings. The van der Waals surface area contributed by atoms with Gasteiger partial charge in [-0.05, 0) is 17.3 Å². The molecule has 0 bridgehead atoms. The van der Waals surface area contributed by atoms with E-state index in [1.54, 1.807) is 12.3 Å². The van der Waals surface area contributed by atoms with Gasteiger partial charge >= 0.3 is 0 Å². The Kier molecular flexibility index (Phi) is 1.55. The van der Waals surface area contributed by atoms with E-state index in [0.717, 1.165) is 10.9 Å². The van der Waals surface area contributed by atoms with E-state index in [1.165, 1.54) is 0 Å². The van der Waals surface area contributed by atoms with Crippen molar-refractivity contribution < 1.29 is 0 Å². The van der Waals surface area contributed by atoms with Gasteiger partial charge in [-0.2, -0.15) is 0 Å². The minimum Gasteiger partial charge on any atom is -0.256 e. The lowest BCUT2D eigenvalue weighted by Gasteiger charge is -1.95. The van der Waals surface area contributed by atoms with Crippen LogP contribution < -0.4 is 0 Å². The van der Waals surface area contributed by atoms with Crippen molar-refractivity contribution in [1.82, 2.24) is 4.98 Å². The molecule has 1 heterocycles. The third-order valence-electron chi connectivity index (χ3n) is 1.72. The van der Waals surface area contributed by atoms with E-state index < -0.39 is 0 Å². The van der Waals surface area contributed by atoms with Gasteiger partial charge in [-0.15, -0.1) is 4.91 Å². The standard InChI is InChI=1S/C9H6N2O/c12-11-9-5-6-10-8-4-2-1-3-7(8)9/h1-6H. The van der Waals surface area contributed by atoms with E-state index in [4.69, 9.17) is 0 Å². The Morgan fingerprint density at radius 2 is 2.00 bits per heavy atom. The molecule has 0 saturated heterocycles. The van der Waals surface area contributed by atoms with Crippen LogP contribution in [-0.4, -0.2) is 4.98 Å². The van der Waals surface area contributed by atoms with E-state index in [0.29, 0.717) is 5.69 Å². The molecule has 1 aromatic carbocycles. The predicted molar refractivity (Wildman–Crippen MR) is 47.2 cm³/mol. The van der Waals surface area contributed by atoms with Crippen LogP contribution in [0.1, 0.15) is 0 Å². The maximum absolute atomic E-state index is 10.3. The average molecular weight is 158 g/mol. The van der Waals surface area contributed by atoms with Gasteiger partial charge in [-0.1, -0.05) is 18.2 Å². The molecule has 0 N–H and O–H groups in total. The number of rotatable bonds is 1. The highest BCUT2D eigenvalue weighted by molar-refractivity contribution is 5.89. The molecule has 0 unspecified atom stereocenters. The molecule has 0 spiro atoms. The van der Waals surface area contributed by atoms with E-state index in [-0.39, 0.29) is 0 Å². The van der Waals surface area contributed by atoms with Crippen molar-refractivity contribution in [2.24, 2.45) is 5.18 Å². The van der Waals surface area contributed by atoms with Crippen molar-refractivity contribution in [3.05, 3.63) is 41.4 Å². The van der Waals surface area contributed by atoms with Gasteiger partial charge in [0.25, 0.3) is 0 Å². The summed E-state index contributed by atoms with van der Waals surface area (Å²) in [5.41, 5.74) is 1.25. The second kappa shape index (κ2) is 2.70. The zero-order valence-corrected chi connectivity index (χ0v) is 6.27. The van der Waals surface area contributed by atoms with Crippen LogP contribution in [0.25, 0.3) is 10.9 Å². The summed E-state index contributed by atoms with van der Waals surface area (Å²) in [5, 5.41) is 3.71. The Morgan fingerprint density at radius 1 is 1.17 bits per heavy atom. The first-order valence-electron chi connectivity index (χ1n) is 3.59. The van der Waals surface area contributed by atoms with Crippen LogP contribution in [0.5, 0.6) is 0 Å². The number of nitroso groups, excluding NO2 is 1. The van der Waals surface area contributed by atoms with Crippen LogP contribution in [-0.2, 0) is 0 Å². The van der Waals surface area contributed by atoms with Crippen molar-refractivity contribution in [3.63, 3.8) is 0 Å². The number of benzene rings is 1. The third kappa shape index (κ3) is 0.955. The summed E-state index contributed by atoms with van der Waals surface area (Å²) in [7, 11) is 0. The summed E-state index contributed by atoms with van der Waals surface area (Å²) < 4.78 is 0. The molecule has 3 nitrogen and oxygen atoms in total. The highest BCUT2D eigenvalue weighted by atomic mass is 16.3. The summed E-state index contributed by atoms with van der Waals surface area (Å²) in [6, 6.07) is 9.03. The summed E-state index contributed by atoms with van der Waals surface area (Å²) in [4.78, 5) is 14.4. The molecule has 0 fully saturated rings. The molecular formula is C9H6N2O. The van der Waals surface area contributed by atoms with Gasteiger partial charge in [0, 0.05) is 11.6 Å². The van der Waals surface area contributed by atoms with Crippen LogP contribution in [0.2, 0.25) is 0 Å². The summed E-state index contributed by atoms with van der Waals surface area (Å²) in [6.45, 7) is 0. The topological polar surface area (TPSA) is 42.3 Å². The molecule has 58 valence electrons. The van der Waals surface area contributed by atoms with E-state index in [9.17, 15) is 4.91 Å². The fourth-order valence-electron chi connectivity index (χ4n) is 1.16. The number of hydrogen-bond donors (Lipinski definition) is 0. The smallest absolute Gasteiger partial charge is 0.118 e. The molecular weight excluding hydrogens is 152 g/mol. The van der Waals surface area contributed by atoms with Crippen LogP contribution in [0, 0.1) is 4.91 Å². The van der Waals surface area contributed by atoms with Crippen molar-refractivity contribution in [1.29, 1.82) is 0 Å². The zero-order chi connectivity index (χ0) is 8.39. The lowest BCUT2D eigenvalue weighted by atomic mass is 10.2. The van der Waals surface area contributed by atoms with Gasteiger partial charge in [-0.3, -0.25) is 4.98 Å².